The second kappa shape index (κ2) is 5.75. The van der Waals surface area contributed by atoms with E-state index in [1.54, 1.807) is 12.1 Å². The Balaban J connectivity index is 2.12. The highest BCUT2D eigenvalue weighted by atomic mass is 35.5. The van der Waals surface area contributed by atoms with E-state index in [1.165, 1.54) is 18.3 Å². The van der Waals surface area contributed by atoms with Gasteiger partial charge in [-0.25, -0.2) is 17.2 Å². The Morgan fingerprint density at radius 1 is 1.04 bits per heavy atom. The minimum Gasteiger partial charge on any atom is -0.279 e. The van der Waals surface area contributed by atoms with E-state index in [-0.39, 0.29) is 10.6 Å². The zero-order chi connectivity index (χ0) is 16.6. The largest absolute Gasteiger partial charge is 0.279 e. The summed E-state index contributed by atoms with van der Waals surface area (Å²) >= 11 is 6.00. The highest BCUT2D eigenvalue weighted by molar-refractivity contribution is 7.93. The summed E-state index contributed by atoms with van der Waals surface area (Å²) in [4.78, 5) is 3.96. The Morgan fingerprint density at radius 3 is 2.43 bits per heavy atom. The van der Waals surface area contributed by atoms with E-state index in [1.807, 2.05) is 0 Å². The van der Waals surface area contributed by atoms with Crippen molar-refractivity contribution in [3.05, 3.63) is 65.3 Å². The molecule has 0 aliphatic heterocycles. The molecule has 0 bridgehead atoms. The predicted octanol–water partition coefficient (Wildman–Crippen LogP) is 3.97. The summed E-state index contributed by atoms with van der Waals surface area (Å²) in [5.41, 5.74) is 0.108. The summed E-state index contributed by atoms with van der Waals surface area (Å²) in [6.45, 7) is 0. The molecule has 1 aromatic heterocycles. The van der Waals surface area contributed by atoms with Crippen molar-refractivity contribution in [2.45, 2.75) is 4.90 Å². The molecule has 118 valence electrons. The lowest BCUT2D eigenvalue weighted by atomic mass is 10.2. The maximum absolute atomic E-state index is 13.2. The average molecular weight is 355 g/mol. The second-order valence-corrected chi connectivity index (χ2v) is 6.77. The van der Waals surface area contributed by atoms with Gasteiger partial charge < -0.3 is 0 Å². The number of nitrogens with one attached hydrogen (secondary N) is 1. The maximum atomic E-state index is 13.2. The molecule has 1 heterocycles. The maximum Gasteiger partial charge on any atom is 0.262 e. The van der Waals surface area contributed by atoms with Gasteiger partial charge in [0.05, 0.1) is 21.1 Å². The van der Waals surface area contributed by atoms with E-state index in [0.717, 1.165) is 12.1 Å². The summed E-state index contributed by atoms with van der Waals surface area (Å²) in [7, 11) is -4.07. The number of halogens is 3. The van der Waals surface area contributed by atoms with E-state index in [2.05, 4.69) is 9.71 Å². The van der Waals surface area contributed by atoms with Crippen LogP contribution in [0, 0.1) is 11.6 Å². The first-order chi connectivity index (χ1) is 10.9. The van der Waals surface area contributed by atoms with Gasteiger partial charge in [-0.3, -0.25) is 9.71 Å². The standard InChI is InChI=1S/C15H9ClF2N2O2S/c16-13-3-4-14(12-2-1-5-19-15(12)13)23(21,22)20-11-7-9(17)6-10(18)8-11/h1-8,20H. The van der Waals surface area contributed by atoms with E-state index < -0.39 is 21.7 Å². The number of nitrogens with zero attached hydrogens (tertiary/aromatic N) is 1. The molecule has 2 aromatic carbocycles. The van der Waals surface area contributed by atoms with Crippen molar-refractivity contribution in [1.82, 2.24) is 4.98 Å². The number of aromatic nitrogens is 1. The van der Waals surface area contributed by atoms with E-state index in [4.69, 9.17) is 11.6 Å². The minimum absolute atomic E-state index is 0.0883. The average Bonchev–Trinajstić information content (AvgIpc) is 2.46. The van der Waals surface area contributed by atoms with Crippen LogP contribution in [0.3, 0.4) is 0 Å². The Hall–Kier alpha value is -2.25. The molecule has 0 aliphatic carbocycles. The van der Waals surface area contributed by atoms with Gasteiger partial charge in [0.2, 0.25) is 0 Å². The lowest BCUT2D eigenvalue weighted by Crippen LogP contribution is -2.14. The SMILES string of the molecule is O=S(=O)(Nc1cc(F)cc(F)c1)c1ccc(Cl)c2ncccc12. The van der Waals surface area contributed by atoms with Crippen molar-refractivity contribution in [3.8, 4) is 0 Å². The summed E-state index contributed by atoms with van der Waals surface area (Å²) in [5.74, 6) is -1.77. The fourth-order valence-electron chi connectivity index (χ4n) is 2.17. The minimum atomic E-state index is -4.07. The molecule has 0 atom stereocenters. The van der Waals surface area contributed by atoms with Gasteiger partial charge in [-0.1, -0.05) is 11.6 Å². The monoisotopic (exact) mass is 354 g/mol. The predicted molar refractivity (Wildman–Crippen MR) is 83.9 cm³/mol. The third-order valence-corrected chi connectivity index (χ3v) is 4.83. The van der Waals surface area contributed by atoms with Gasteiger partial charge in [-0.2, -0.15) is 0 Å². The summed E-state index contributed by atoms with van der Waals surface area (Å²) < 4.78 is 53.6. The van der Waals surface area contributed by atoms with Crippen LogP contribution in [-0.4, -0.2) is 13.4 Å². The zero-order valence-corrected chi connectivity index (χ0v) is 13.0. The highest BCUT2D eigenvalue weighted by Gasteiger charge is 2.19. The lowest BCUT2D eigenvalue weighted by Gasteiger charge is -2.11. The molecule has 0 spiro atoms. The summed E-state index contributed by atoms with van der Waals surface area (Å²) in [6, 6.07) is 8.25. The van der Waals surface area contributed by atoms with Crippen LogP contribution < -0.4 is 4.72 Å². The van der Waals surface area contributed by atoms with Crippen molar-refractivity contribution in [2.24, 2.45) is 0 Å². The Bertz CT molecular complexity index is 989. The smallest absolute Gasteiger partial charge is 0.262 e. The summed E-state index contributed by atoms with van der Waals surface area (Å²) in [5, 5.41) is 0.612. The first-order valence-corrected chi connectivity index (χ1v) is 8.25. The number of hydrogen-bond acceptors (Lipinski definition) is 3. The second-order valence-electron chi connectivity index (χ2n) is 4.71. The van der Waals surface area contributed by atoms with Crippen LogP contribution in [0.2, 0.25) is 5.02 Å². The molecule has 1 N–H and O–H groups in total. The molecule has 0 radical (unpaired) electrons. The molecular weight excluding hydrogens is 346 g/mol. The Kier molecular flexibility index (Phi) is 3.91. The molecule has 0 fully saturated rings. The number of hydrogen-bond donors (Lipinski definition) is 1. The molecule has 3 rings (SSSR count). The molecule has 3 aromatic rings. The molecule has 23 heavy (non-hydrogen) atoms. The van der Waals surface area contributed by atoms with Crippen LogP contribution in [0.15, 0.2) is 53.6 Å². The third-order valence-electron chi connectivity index (χ3n) is 3.08. The van der Waals surface area contributed by atoms with Gasteiger partial charge >= 0.3 is 0 Å². The molecule has 0 saturated carbocycles. The van der Waals surface area contributed by atoms with Crippen molar-refractivity contribution < 1.29 is 17.2 Å². The van der Waals surface area contributed by atoms with E-state index in [9.17, 15) is 17.2 Å². The first kappa shape index (κ1) is 15.6. The number of sulfonamides is 1. The molecule has 8 heteroatoms. The van der Waals surface area contributed by atoms with Crippen LogP contribution in [0.1, 0.15) is 0 Å². The number of rotatable bonds is 3. The molecular formula is C15H9ClF2N2O2S. The topological polar surface area (TPSA) is 59.1 Å². The van der Waals surface area contributed by atoms with E-state index in [0.29, 0.717) is 22.0 Å². The van der Waals surface area contributed by atoms with Gasteiger partial charge in [0.25, 0.3) is 10.0 Å². The quantitative estimate of drug-likeness (QED) is 0.774. The van der Waals surface area contributed by atoms with Crippen LogP contribution in [0.25, 0.3) is 10.9 Å². The normalized spacial score (nSPS) is 11.6. The van der Waals surface area contributed by atoms with Gasteiger partial charge in [0.1, 0.15) is 11.6 Å². The Labute approximate surface area is 135 Å². The van der Waals surface area contributed by atoms with Crippen LogP contribution >= 0.6 is 11.6 Å². The number of benzene rings is 2. The van der Waals surface area contributed by atoms with Crippen molar-refractivity contribution in [3.63, 3.8) is 0 Å². The Morgan fingerprint density at radius 2 is 1.74 bits per heavy atom. The van der Waals surface area contributed by atoms with Crippen molar-refractivity contribution in [1.29, 1.82) is 0 Å². The molecule has 0 aliphatic rings. The molecule has 0 saturated heterocycles. The zero-order valence-electron chi connectivity index (χ0n) is 11.4. The first-order valence-electron chi connectivity index (χ1n) is 6.39. The van der Waals surface area contributed by atoms with Crippen molar-refractivity contribution >= 4 is 38.2 Å². The number of pyridine rings is 1. The third kappa shape index (κ3) is 3.11. The number of anilines is 1. The van der Waals surface area contributed by atoms with Gasteiger partial charge in [-0.15, -0.1) is 0 Å². The lowest BCUT2D eigenvalue weighted by molar-refractivity contribution is 0.584. The highest BCUT2D eigenvalue weighted by Crippen LogP contribution is 2.29. The molecule has 0 unspecified atom stereocenters. The van der Waals surface area contributed by atoms with Gasteiger partial charge in [0, 0.05) is 17.6 Å². The number of fused-ring (bicyclic) bond motifs is 1. The van der Waals surface area contributed by atoms with Gasteiger partial charge in [-0.05, 0) is 36.4 Å². The van der Waals surface area contributed by atoms with E-state index >= 15 is 0 Å². The van der Waals surface area contributed by atoms with Crippen molar-refractivity contribution in [2.75, 3.05) is 4.72 Å². The van der Waals surface area contributed by atoms with Crippen LogP contribution in [0.4, 0.5) is 14.5 Å². The van der Waals surface area contributed by atoms with Crippen LogP contribution in [0.5, 0.6) is 0 Å². The fourth-order valence-corrected chi connectivity index (χ4v) is 3.62. The van der Waals surface area contributed by atoms with Crippen LogP contribution in [-0.2, 0) is 10.0 Å². The fraction of sp³-hybridized carbons (Fsp3) is 0. The molecule has 4 nitrogen and oxygen atoms in total. The summed E-state index contributed by atoms with van der Waals surface area (Å²) in [6.07, 6.45) is 1.49. The molecule has 0 amide bonds. The van der Waals surface area contributed by atoms with Gasteiger partial charge in [0.15, 0.2) is 0 Å².